The average molecular weight is 312 g/mol. The van der Waals surface area contributed by atoms with E-state index in [1.807, 2.05) is 22.4 Å². The van der Waals surface area contributed by atoms with Crippen LogP contribution in [0, 0.1) is 0 Å². The SMILES string of the molecule is O=C(Cc1cccs1)N1CC(N2CCc3ccccc3C2)C1. The van der Waals surface area contributed by atoms with E-state index in [2.05, 4.69) is 29.2 Å². The third-order valence-corrected chi connectivity index (χ3v) is 5.67. The van der Waals surface area contributed by atoms with Crippen LogP contribution in [0.15, 0.2) is 41.8 Å². The van der Waals surface area contributed by atoms with Crippen LogP contribution in [0.4, 0.5) is 0 Å². The quantitative estimate of drug-likeness (QED) is 0.869. The summed E-state index contributed by atoms with van der Waals surface area (Å²) in [5, 5.41) is 2.03. The molecular weight excluding hydrogens is 292 g/mol. The Balaban J connectivity index is 1.31. The summed E-state index contributed by atoms with van der Waals surface area (Å²) in [6.45, 7) is 3.95. The van der Waals surface area contributed by atoms with Crippen LogP contribution in [0.1, 0.15) is 16.0 Å². The molecule has 3 heterocycles. The Morgan fingerprint density at radius 2 is 1.95 bits per heavy atom. The standard InChI is InChI=1S/C18H20N2OS/c21-18(10-17-6-3-9-22-17)20-12-16(13-20)19-8-7-14-4-1-2-5-15(14)11-19/h1-6,9,16H,7-8,10-13H2. The largest absolute Gasteiger partial charge is 0.339 e. The first-order valence-corrected chi connectivity index (χ1v) is 8.78. The van der Waals surface area contributed by atoms with Crippen LogP contribution in [-0.2, 0) is 24.2 Å². The zero-order chi connectivity index (χ0) is 14.9. The van der Waals surface area contributed by atoms with Gasteiger partial charge in [0.2, 0.25) is 5.91 Å². The molecule has 2 aromatic rings. The Hall–Kier alpha value is -1.65. The molecule has 1 fully saturated rings. The number of fused-ring (bicyclic) bond motifs is 1. The van der Waals surface area contributed by atoms with Crippen molar-refractivity contribution < 1.29 is 4.79 Å². The third kappa shape index (κ3) is 2.69. The molecule has 4 heteroatoms. The maximum absolute atomic E-state index is 12.2. The Morgan fingerprint density at radius 1 is 1.14 bits per heavy atom. The number of likely N-dealkylation sites (tertiary alicyclic amines) is 1. The minimum Gasteiger partial charge on any atom is -0.339 e. The highest BCUT2D eigenvalue weighted by Gasteiger charge is 2.35. The number of nitrogens with zero attached hydrogens (tertiary/aromatic N) is 2. The topological polar surface area (TPSA) is 23.6 Å². The van der Waals surface area contributed by atoms with Gasteiger partial charge in [0.05, 0.1) is 6.42 Å². The maximum atomic E-state index is 12.2. The molecule has 114 valence electrons. The van der Waals surface area contributed by atoms with Crippen LogP contribution >= 0.6 is 11.3 Å². The van der Waals surface area contributed by atoms with Gasteiger partial charge < -0.3 is 4.90 Å². The van der Waals surface area contributed by atoms with Crippen LogP contribution < -0.4 is 0 Å². The molecule has 1 aromatic carbocycles. The highest BCUT2D eigenvalue weighted by atomic mass is 32.1. The fraction of sp³-hybridized carbons (Fsp3) is 0.389. The number of benzene rings is 1. The van der Waals surface area contributed by atoms with Gasteiger partial charge in [-0.15, -0.1) is 11.3 Å². The molecule has 0 radical (unpaired) electrons. The third-order valence-electron chi connectivity index (χ3n) is 4.80. The second-order valence-electron chi connectivity index (χ2n) is 6.20. The monoisotopic (exact) mass is 312 g/mol. The predicted molar refractivity (Wildman–Crippen MR) is 88.9 cm³/mol. The minimum atomic E-state index is 0.274. The number of hydrogen-bond donors (Lipinski definition) is 0. The van der Waals surface area contributed by atoms with Crippen LogP contribution in [-0.4, -0.2) is 41.4 Å². The van der Waals surface area contributed by atoms with Crippen LogP contribution in [0.5, 0.6) is 0 Å². The van der Waals surface area contributed by atoms with E-state index in [1.165, 1.54) is 16.0 Å². The lowest BCUT2D eigenvalue weighted by atomic mass is 9.96. The molecule has 0 aliphatic carbocycles. The fourth-order valence-corrected chi connectivity index (χ4v) is 4.09. The first kappa shape index (κ1) is 14.0. The van der Waals surface area contributed by atoms with Crippen molar-refractivity contribution in [2.75, 3.05) is 19.6 Å². The van der Waals surface area contributed by atoms with Crippen LogP contribution in [0.3, 0.4) is 0 Å². The highest BCUT2D eigenvalue weighted by molar-refractivity contribution is 7.10. The molecule has 22 heavy (non-hydrogen) atoms. The number of thiophene rings is 1. The lowest BCUT2D eigenvalue weighted by Crippen LogP contribution is -2.61. The summed E-state index contributed by atoms with van der Waals surface area (Å²) in [7, 11) is 0. The van der Waals surface area contributed by atoms with Crippen molar-refractivity contribution in [3.05, 3.63) is 57.8 Å². The molecule has 0 saturated carbocycles. The molecule has 2 aliphatic heterocycles. The molecule has 0 spiro atoms. The van der Waals surface area contributed by atoms with E-state index < -0.39 is 0 Å². The average Bonchev–Trinajstić information content (AvgIpc) is 2.98. The fourth-order valence-electron chi connectivity index (χ4n) is 3.39. The van der Waals surface area contributed by atoms with Gasteiger partial charge in [0.1, 0.15) is 0 Å². The van der Waals surface area contributed by atoms with E-state index in [0.29, 0.717) is 12.5 Å². The second kappa shape index (κ2) is 5.86. The van der Waals surface area contributed by atoms with Gasteiger partial charge in [-0.1, -0.05) is 30.3 Å². The van der Waals surface area contributed by atoms with Gasteiger partial charge in [0.25, 0.3) is 0 Å². The number of rotatable bonds is 3. The van der Waals surface area contributed by atoms with Gasteiger partial charge >= 0.3 is 0 Å². The molecular formula is C18H20N2OS. The Bertz CT molecular complexity index is 661. The van der Waals surface area contributed by atoms with Crippen molar-refractivity contribution in [1.29, 1.82) is 0 Å². The van der Waals surface area contributed by atoms with E-state index >= 15 is 0 Å². The summed E-state index contributed by atoms with van der Waals surface area (Å²) >= 11 is 1.67. The molecule has 1 saturated heterocycles. The zero-order valence-electron chi connectivity index (χ0n) is 12.6. The summed E-state index contributed by atoms with van der Waals surface area (Å²) in [4.78, 5) is 17.9. The normalized spacial score (nSPS) is 18.8. The van der Waals surface area contributed by atoms with Crippen molar-refractivity contribution >= 4 is 17.2 Å². The van der Waals surface area contributed by atoms with Gasteiger partial charge in [-0.05, 0) is 29.0 Å². The van der Waals surface area contributed by atoms with E-state index in [1.54, 1.807) is 11.3 Å². The summed E-state index contributed by atoms with van der Waals surface area (Å²) in [5.41, 5.74) is 2.95. The first-order chi connectivity index (χ1) is 10.8. The molecule has 0 bridgehead atoms. The molecule has 0 unspecified atom stereocenters. The summed E-state index contributed by atoms with van der Waals surface area (Å²) in [6, 6.07) is 13.3. The maximum Gasteiger partial charge on any atom is 0.227 e. The summed E-state index contributed by atoms with van der Waals surface area (Å²) in [5.74, 6) is 0.274. The first-order valence-electron chi connectivity index (χ1n) is 7.90. The Kier molecular flexibility index (Phi) is 3.72. The predicted octanol–water partition coefficient (Wildman–Crippen LogP) is 2.56. The number of carbonyl (C=O) groups excluding carboxylic acids is 1. The molecule has 4 rings (SSSR count). The van der Waals surface area contributed by atoms with E-state index in [-0.39, 0.29) is 5.91 Å². The zero-order valence-corrected chi connectivity index (χ0v) is 13.4. The van der Waals surface area contributed by atoms with Crippen molar-refractivity contribution in [3.63, 3.8) is 0 Å². The molecule has 0 atom stereocenters. The van der Waals surface area contributed by atoms with Gasteiger partial charge in [-0.25, -0.2) is 0 Å². The van der Waals surface area contributed by atoms with E-state index in [4.69, 9.17) is 0 Å². The smallest absolute Gasteiger partial charge is 0.227 e. The Morgan fingerprint density at radius 3 is 2.73 bits per heavy atom. The lowest BCUT2D eigenvalue weighted by molar-refractivity contribution is -0.138. The molecule has 0 N–H and O–H groups in total. The second-order valence-corrected chi connectivity index (χ2v) is 7.23. The Labute approximate surface area is 135 Å². The molecule has 2 aliphatic rings. The lowest BCUT2D eigenvalue weighted by Gasteiger charge is -2.47. The summed E-state index contributed by atoms with van der Waals surface area (Å²) in [6.07, 6.45) is 1.70. The van der Waals surface area contributed by atoms with Crippen molar-refractivity contribution in [1.82, 2.24) is 9.80 Å². The number of amides is 1. The van der Waals surface area contributed by atoms with Crippen LogP contribution in [0.25, 0.3) is 0 Å². The van der Waals surface area contributed by atoms with Gasteiger partial charge in [-0.2, -0.15) is 0 Å². The molecule has 3 nitrogen and oxygen atoms in total. The van der Waals surface area contributed by atoms with Crippen molar-refractivity contribution in [3.8, 4) is 0 Å². The van der Waals surface area contributed by atoms with E-state index in [9.17, 15) is 4.79 Å². The highest BCUT2D eigenvalue weighted by Crippen LogP contribution is 2.25. The molecule has 1 amide bonds. The summed E-state index contributed by atoms with van der Waals surface area (Å²) < 4.78 is 0. The van der Waals surface area contributed by atoms with Gasteiger partial charge in [0, 0.05) is 37.1 Å². The van der Waals surface area contributed by atoms with Gasteiger partial charge in [-0.3, -0.25) is 9.69 Å². The minimum absolute atomic E-state index is 0.274. The van der Waals surface area contributed by atoms with E-state index in [0.717, 1.165) is 32.6 Å². The van der Waals surface area contributed by atoms with Crippen molar-refractivity contribution in [2.24, 2.45) is 0 Å². The number of carbonyl (C=O) groups is 1. The van der Waals surface area contributed by atoms with Gasteiger partial charge in [0.15, 0.2) is 0 Å². The van der Waals surface area contributed by atoms with Crippen LogP contribution in [0.2, 0.25) is 0 Å². The number of hydrogen-bond acceptors (Lipinski definition) is 3. The van der Waals surface area contributed by atoms with Crippen molar-refractivity contribution in [2.45, 2.75) is 25.4 Å². The molecule has 1 aromatic heterocycles.